The van der Waals surface area contributed by atoms with Crippen LogP contribution in [0.4, 0.5) is 0 Å². The molecule has 0 aliphatic carbocycles. The van der Waals surface area contributed by atoms with E-state index in [4.69, 9.17) is 18.9 Å². The number of allylic oxidation sites excluding steroid dienone is 1. The Hall–Kier alpha value is -4.51. The Labute approximate surface area is 221 Å². The van der Waals surface area contributed by atoms with Crippen molar-refractivity contribution in [2.75, 3.05) is 14.2 Å². The molecule has 3 aromatic rings. The summed E-state index contributed by atoms with van der Waals surface area (Å²) in [5.41, 5.74) is 1.48. The molecule has 1 aromatic heterocycles. The molecule has 2 aromatic carbocycles. The summed E-state index contributed by atoms with van der Waals surface area (Å²) in [7, 11) is 2.68. The molecule has 1 unspecified atom stereocenters. The van der Waals surface area contributed by atoms with Crippen LogP contribution in [-0.2, 0) is 19.1 Å². The number of hydrogen-bond donors (Lipinski definition) is 0. The first kappa shape index (κ1) is 26.6. The highest BCUT2D eigenvalue weighted by Crippen LogP contribution is 2.36. The highest BCUT2D eigenvalue weighted by atomic mass is 32.1. The van der Waals surface area contributed by atoms with Gasteiger partial charge in [-0.15, -0.1) is 0 Å². The zero-order chi connectivity index (χ0) is 27.6. The second-order valence-corrected chi connectivity index (χ2v) is 9.25. The zero-order valence-electron chi connectivity index (χ0n) is 21.3. The van der Waals surface area contributed by atoms with Crippen LogP contribution in [0.5, 0.6) is 17.2 Å². The maximum atomic E-state index is 13.7. The van der Waals surface area contributed by atoms with E-state index >= 15 is 0 Å². The molecule has 4 rings (SSSR count). The number of hydrogen-bond acceptors (Lipinski definition) is 10. The summed E-state index contributed by atoms with van der Waals surface area (Å²) in [6.07, 6.45) is 1.69. The number of rotatable bonds is 6. The lowest BCUT2D eigenvalue weighted by atomic mass is 9.95. The van der Waals surface area contributed by atoms with Gasteiger partial charge in [0, 0.05) is 13.8 Å². The number of carbonyl (C=O) groups excluding carboxylic acids is 3. The lowest BCUT2D eigenvalue weighted by Crippen LogP contribution is -2.39. The van der Waals surface area contributed by atoms with E-state index in [1.54, 1.807) is 55.5 Å². The Kier molecular flexibility index (Phi) is 7.58. The van der Waals surface area contributed by atoms with Gasteiger partial charge in [0.05, 0.1) is 36.1 Å². The quantitative estimate of drug-likeness (QED) is 0.347. The van der Waals surface area contributed by atoms with Gasteiger partial charge >= 0.3 is 17.9 Å². The van der Waals surface area contributed by atoms with E-state index in [1.165, 1.54) is 44.0 Å². The normalized spacial score (nSPS) is 14.9. The SMILES string of the molecule is COC(=O)C1=C(C)N=c2sc(=Cc3ccc(OC(C)=O)cc3)c(=O)n2C1c1ccc(OC(C)=O)c(OC)c1. The fourth-order valence-corrected chi connectivity index (χ4v) is 5.10. The molecular weight excluding hydrogens is 512 g/mol. The molecule has 0 saturated carbocycles. The highest BCUT2D eigenvalue weighted by molar-refractivity contribution is 7.07. The van der Waals surface area contributed by atoms with Crippen LogP contribution in [0.1, 0.15) is 37.9 Å². The van der Waals surface area contributed by atoms with E-state index in [9.17, 15) is 19.2 Å². The summed E-state index contributed by atoms with van der Waals surface area (Å²) < 4.78 is 22.5. The number of esters is 3. The van der Waals surface area contributed by atoms with Crippen LogP contribution >= 0.6 is 11.3 Å². The molecule has 2 heterocycles. The molecule has 10 nitrogen and oxygen atoms in total. The van der Waals surface area contributed by atoms with Crippen LogP contribution in [0.3, 0.4) is 0 Å². The smallest absolute Gasteiger partial charge is 0.338 e. The summed E-state index contributed by atoms with van der Waals surface area (Å²) in [6, 6.07) is 10.6. The lowest BCUT2D eigenvalue weighted by molar-refractivity contribution is -0.136. The van der Waals surface area contributed by atoms with Crippen LogP contribution in [0.15, 0.2) is 63.5 Å². The molecule has 196 valence electrons. The van der Waals surface area contributed by atoms with Gasteiger partial charge < -0.3 is 18.9 Å². The third-order valence-corrected chi connectivity index (χ3v) is 6.61. The summed E-state index contributed by atoms with van der Waals surface area (Å²) in [6.45, 7) is 4.26. The van der Waals surface area contributed by atoms with Crippen LogP contribution < -0.4 is 29.1 Å². The molecule has 1 aliphatic rings. The number of aromatic nitrogens is 1. The van der Waals surface area contributed by atoms with E-state index in [0.717, 1.165) is 0 Å². The Morgan fingerprint density at radius 1 is 0.974 bits per heavy atom. The summed E-state index contributed by atoms with van der Waals surface area (Å²) in [4.78, 5) is 54.1. The largest absolute Gasteiger partial charge is 0.493 e. The highest BCUT2D eigenvalue weighted by Gasteiger charge is 2.33. The summed E-state index contributed by atoms with van der Waals surface area (Å²) in [5, 5.41) is 0. The van der Waals surface area contributed by atoms with Crippen molar-refractivity contribution >= 4 is 35.3 Å². The first-order chi connectivity index (χ1) is 18.1. The van der Waals surface area contributed by atoms with E-state index in [1.807, 2.05) is 0 Å². The van der Waals surface area contributed by atoms with Crippen LogP contribution in [-0.4, -0.2) is 36.7 Å². The monoisotopic (exact) mass is 536 g/mol. The number of nitrogens with zero attached hydrogens (tertiary/aromatic N) is 2. The number of thiazole rings is 1. The fourth-order valence-electron chi connectivity index (χ4n) is 4.05. The Bertz CT molecular complexity index is 1650. The molecule has 0 radical (unpaired) electrons. The second kappa shape index (κ2) is 10.9. The molecule has 0 amide bonds. The standard InChI is InChI=1S/C27H24N2O8S/c1-14-23(26(33)35-5)24(18-8-11-20(37-16(3)31)21(13-18)34-4)29-25(32)22(38-27(29)28-14)12-17-6-9-19(10-7-17)36-15(2)30/h6-13,24H,1-5H3. The number of benzene rings is 2. The maximum absolute atomic E-state index is 13.7. The minimum Gasteiger partial charge on any atom is -0.493 e. The Morgan fingerprint density at radius 2 is 1.66 bits per heavy atom. The third-order valence-electron chi connectivity index (χ3n) is 5.62. The minimum atomic E-state index is -0.868. The average Bonchev–Trinajstić information content (AvgIpc) is 3.17. The number of methoxy groups -OCH3 is 2. The zero-order valence-corrected chi connectivity index (χ0v) is 22.1. The Morgan fingerprint density at radius 3 is 2.26 bits per heavy atom. The first-order valence-electron chi connectivity index (χ1n) is 11.4. The van der Waals surface area contributed by atoms with Crippen molar-refractivity contribution in [1.82, 2.24) is 4.57 Å². The van der Waals surface area contributed by atoms with Crippen molar-refractivity contribution < 1.29 is 33.3 Å². The predicted octanol–water partition coefficient (Wildman–Crippen LogP) is 2.27. The predicted molar refractivity (Wildman–Crippen MR) is 138 cm³/mol. The van der Waals surface area contributed by atoms with Crippen molar-refractivity contribution in [3.8, 4) is 17.2 Å². The molecule has 0 N–H and O–H groups in total. The van der Waals surface area contributed by atoms with Gasteiger partial charge in [-0.05, 0) is 48.4 Å². The molecule has 0 bridgehead atoms. The summed E-state index contributed by atoms with van der Waals surface area (Å²) in [5.74, 6) is -0.730. The van der Waals surface area contributed by atoms with Crippen molar-refractivity contribution in [3.63, 3.8) is 0 Å². The topological polar surface area (TPSA) is 122 Å². The van der Waals surface area contributed by atoms with Crippen molar-refractivity contribution in [2.24, 2.45) is 4.99 Å². The van der Waals surface area contributed by atoms with Crippen LogP contribution in [0.25, 0.3) is 6.08 Å². The second-order valence-electron chi connectivity index (χ2n) is 8.24. The molecule has 0 spiro atoms. The van der Waals surface area contributed by atoms with E-state index in [0.29, 0.717) is 31.9 Å². The molecule has 0 saturated heterocycles. The number of ether oxygens (including phenoxy) is 4. The van der Waals surface area contributed by atoms with Gasteiger partial charge in [-0.25, -0.2) is 9.79 Å². The van der Waals surface area contributed by atoms with Gasteiger partial charge in [0.25, 0.3) is 5.56 Å². The van der Waals surface area contributed by atoms with E-state index in [2.05, 4.69) is 4.99 Å². The molecule has 1 atom stereocenters. The van der Waals surface area contributed by atoms with Crippen molar-refractivity contribution in [3.05, 3.63) is 84.5 Å². The first-order valence-corrected chi connectivity index (χ1v) is 12.2. The number of fused-ring (bicyclic) bond motifs is 1. The minimum absolute atomic E-state index is 0.194. The fraction of sp³-hybridized carbons (Fsp3) is 0.222. The van der Waals surface area contributed by atoms with Gasteiger partial charge in [0.15, 0.2) is 16.3 Å². The molecule has 11 heteroatoms. The van der Waals surface area contributed by atoms with Crippen molar-refractivity contribution in [2.45, 2.75) is 26.8 Å². The van der Waals surface area contributed by atoms with Gasteiger partial charge in [-0.2, -0.15) is 0 Å². The average molecular weight is 537 g/mol. The van der Waals surface area contributed by atoms with Gasteiger partial charge in [0.1, 0.15) is 5.75 Å². The molecule has 0 fully saturated rings. The third kappa shape index (κ3) is 5.28. The lowest BCUT2D eigenvalue weighted by Gasteiger charge is -2.25. The van der Waals surface area contributed by atoms with E-state index < -0.39 is 23.9 Å². The van der Waals surface area contributed by atoms with Gasteiger partial charge in [-0.3, -0.25) is 19.0 Å². The van der Waals surface area contributed by atoms with Crippen molar-refractivity contribution in [1.29, 1.82) is 0 Å². The summed E-state index contributed by atoms with van der Waals surface area (Å²) >= 11 is 1.17. The van der Waals surface area contributed by atoms with Crippen LogP contribution in [0, 0.1) is 0 Å². The molecular formula is C27H24N2O8S. The van der Waals surface area contributed by atoms with Gasteiger partial charge in [0.2, 0.25) is 0 Å². The maximum Gasteiger partial charge on any atom is 0.338 e. The molecule has 38 heavy (non-hydrogen) atoms. The molecule has 1 aliphatic heterocycles. The van der Waals surface area contributed by atoms with E-state index in [-0.39, 0.29) is 22.6 Å². The Balaban J connectivity index is 1.88. The number of carbonyl (C=O) groups is 3. The van der Waals surface area contributed by atoms with Gasteiger partial charge in [-0.1, -0.05) is 29.5 Å². The van der Waals surface area contributed by atoms with Crippen LogP contribution in [0.2, 0.25) is 0 Å².